The number of pyridine rings is 2. The lowest BCUT2D eigenvalue weighted by Crippen LogP contribution is -2.57. The molecule has 14 heteroatoms. The van der Waals surface area contributed by atoms with Gasteiger partial charge in [0.1, 0.15) is 23.2 Å². The molecule has 1 aliphatic heterocycles. The lowest BCUT2D eigenvalue weighted by atomic mass is 9.78. The summed E-state index contributed by atoms with van der Waals surface area (Å²) in [5.74, 6) is -0.494. The minimum Gasteiger partial charge on any atom is -0.490 e. The second-order valence-corrected chi connectivity index (χ2v) is 14.5. The summed E-state index contributed by atoms with van der Waals surface area (Å²) in [5.41, 5.74) is -2.69. The fraction of sp³-hybridized carbons (Fsp3) is 0.385. The molecule has 1 amide bonds. The number of carboxylic acids is 1. The van der Waals surface area contributed by atoms with E-state index in [-0.39, 0.29) is 36.0 Å². The fourth-order valence-corrected chi connectivity index (χ4v) is 8.67. The molecular formula is C39H38F3N7O4. The SMILES string of the molecule is CC1CC2CC(C1)C(NC(=O)c1ccc(-c3cn(-c4ccccn4)c4cc(OC5CCN(c6ncccn6)CC5)ccc34)nc1C(F)(F)F)(C(=O)O)C2. The van der Waals surface area contributed by atoms with Crippen LogP contribution >= 0.6 is 0 Å². The first-order chi connectivity index (χ1) is 25.5. The number of carbonyl (C=O) groups is 2. The quantitative estimate of drug-likeness (QED) is 0.174. The molecule has 1 aromatic carbocycles. The normalized spacial score (nSPS) is 23.2. The van der Waals surface area contributed by atoms with Gasteiger partial charge in [-0.25, -0.2) is 24.7 Å². The van der Waals surface area contributed by atoms with E-state index < -0.39 is 34.8 Å². The fourth-order valence-electron chi connectivity index (χ4n) is 8.67. The molecule has 4 unspecified atom stereocenters. The number of carboxylic acid groups (broad SMARTS) is 1. The van der Waals surface area contributed by atoms with E-state index in [4.69, 9.17) is 4.74 Å². The van der Waals surface area contributed by atoms with Crippen molar-refractivity contribution >= 4 is 28.7 Å². The van der Waals surface area contributed by atoms with Crippen LogP contribution in [0.4, 0.5) is 19.1 Å². The zero-order valence-electron chi connectivity index (χ0n) is 29.0. The Labute approximate surface area is 303 Å². The van der Waals surface area contributed by atoms with Crippen LogP contribution in [0.5, 0.6) is 5.75 Å². The Hall–Kier alpha value is -5.53. The maximum atomic E-state index is 14.7. The molecule has 0 radical (unpaired) electrons. The van der Waals surface area contributed by atoms with Crippen molar-refractivity contribution in [2.45, 2.75) is 63.3 Å². The van der Waals surface area contributed by atoms with Crippen LogP contribution in [0.2, 0.25) is 0 Å². The van der Waals surface area contributed by atoms with Crippen molar-refractivity contribution in [3.8, 4) is 22.8 Å². The van der Waals surface area contributed by atoms with Gasteiger partial charge in [0.05, 0.1) is 16.8 Å². The Kier molecular flexibility index (Phi) is 8.78. The molecule has 8 rings (SSSR count). The minimum atomic E-state index is -5.00. The predicted octanol–water partition coefficient (Wildman–Crippen LogP) is 6.95. The Balaban J connectivity index is 1.11. The molecule has 3 aliphatic rings. The molecule has 1 saturated heterocycles. The highest BCUT2D eigenvalue weighted by molar-refractivity contribution is 6.01. The summed E-state index contributed by atoms with van der Waals surface area (Å²) in [6, 6.07) is 15.0. The lowest BCUT2D eigenvalue weighted by Gasteiger charge is -2.33. The van der Waals surface area contributed by atoms with Crippen LogP contribution < -0.4 is 15.0 Å². The average Bonchev–Trinajstić information content (AvgIpc) is 3.66. The number of aromatic nitrogens is 5. The number of nitrogens with one attached hydrogen (secondary N) is 1. The van der Waals surface area contributed by atoms with Crippen LogP contribution in [-0.4, -0.2) is 66.2 Å². The molecule has 2 bridgehead atoms. The third-order valence-electron chi connectivity index (χ3n) is 11.0. The van der Waals surface area contributed by atoms with Crippen LogP contribution in [0.15, 0.2) is 79.4 Å². The largest absolute Gasteiger partial charge is 0.490 e. The third kappa shape index (κ3) is 6.55. The van der Waals surface area contributed by atoms with Gasteiger partial charge in [-0.3, -0.25) is 4.79 Å². The van der Waals surface area contributed by atoms with E-state index in [1.165, 1.54) is 6.07 Å². The molecule has 4 aromatic heterocycles. The number of piperidine rings is 1. The zero-order valence-corrected chi connectivity index (χ0v) is 29.0. The van der Waals surface area contributed by atoms with Gasteiger partial charge >= 0.3 is 12.1 Å². The van der Waals surface area contributed by atoms with Gasteiger partial charge in [-0.1, -0.05) is 13.0 Å². The molecule has 3 fully saturated rings. The molecule has 5 heterocycles. The Bertz CT molecular complexity index is 2160. The van der Waals surface area contributed by atoms with Crippen molar-refractivity contribution in [2.24, 2.45) is 17.8 Å². The summed E-state index contributed by atoms with van der Waals surface area (Å²) in [4.78, 5) is 45.6. The van der Waals surface area contributed by atoms with Crippen LogP contribution in [0, 0.1) is 17.8 Å². The molecule has 11 nitrogen and oxygen atoms in total. The second-order valence-electron chi connectivity index (χ2n) is 14.5. The van der Waals surface area contributed by atoms with Gasteiger partial charge in [0, 0.05) is 67.7 Å². The lowest BCUT2D eigenvalue weighted by molar-refractivity contribution is -0.146. The van der Waals surface area contributed by atoms with Gasteiger partial charge in [0.25, 0.3) is 5.91 Å². The first kappa shape index (κ1) is 34.6. The number of fused-ring (bicyclic) bond motifs is 3. The van der Waals surface area contributed by atoms with Crippen LogP contribution in [0.3, 0.4) is 0 Å². The number of amides is 1. The Morgan fingerprint density at radius 2 is 1.74 bits per heavy atom. The summed E-state index contributed by atoms with van der Waals surface area (Å²) >= 11 is 0. The zero-order chi connectivity index (χ0) is 36.9. The van der Waals surface area contributed by atoms with Gasteiger partial charge in [0.15, 0.2) is 5.69 Å². The summed E-state index contributed by atoms with van der Waals surface area (Å²) in [6.45, 7) is 3.49. The van der Waals surface area contributed by atoms with Crippen molar-refractivity contribution in [3.05, 3.63) is 90.6 Å². The molecule has 0 spiro atoms. The minimum absolute atomic E-state index is 0.00350. The number of anilines is 1. The number of carbonyl (C=O) groups excluding carboxylic acids is 1. The van der Waals surface area contributed by atoms with E-state index in [2.05, 4.69) is 30.2 Å². The highest BCUT2D eigenvalue weighted by atomic mass is 19.4. The highest BCUT2D eigenvalue weighted by Crippen LogP contribution is 2.51. The van der Waals surface area contributed by atoms with Crippen molar-refractivity contribution in [3.63, 3.8) is 0 Å². The maximum Gasteiger partial charge on any atom is 0.434 e. The monoisotopic (exact) mass is 725 g/mol. The first-order valence-electron chi connectivity index (χ1n) is 17.9. The second kappa shape index (κ2) is 13.5. The number of ether oxygens (including phenoxy) is 1. The van der Waals surface area contributed by atoms with E-state index in [1.54, 1.807) is 59.7 Å². The van der Waals surface area contributed by atoms with E-state index in [9.17, 15) is 27.9 Å². The standard InChI is InChI=1S/C39H38F3N7O4/c1-23-17-24-19-25(18-23)38(21-24,36(51)52)47-35(50)29-8-9-31(46-34(29)39(40,41)42)30-22-49(33-5-2-3-12-43-33)32-20-27(6-7-28(30)32)53-26-10-15-48(16-11-26)37-44-13-4-14-45-37/h2-9,12-14,20,22-26H,10-11,15-19,21H2,1H3,(H,47,50)(H,51,52). The predicted molar refractivity (Wildman–Crippen MR) is 190 cm³/mol. The van der Waals surface area contributed by atoms with Crippen molar-refractivity contribution in [1.29, 1.82) is 0 Å². The van der Waals surface area contributed by atoms with Gasteiger partial charge in [0.2, 0.25) is 5.95 Å². The summed E-state index contributed by atoms with van der Waals surface area (Å²) in [6.07, 6.45) is 5.40. The van der Waals surface area contributed by atoms with Crippen molar-refractivity contribution in [1.82, 2.24) is 29.8 Å². The summed E-state index contributed by atoms with van der Waals surface area (Å²) < 4.78 is 52.3. The number of halogens is 3. The molecule has 2 aliphatic carbocycles. The van der Waals surface area contributed by atoms with Gasteiger partial charge in [-0.05, 0) is 85.9 Å². The smallest absolute Gasteiger partial charge is 0.434 e. The number of aliphatic carboxylic acids is 1. The van der Waals surface area contributed by atoms with Gasteiger partial charge in [-0.15, -0.1) is 0 Å². The topological polar surface area (TPSA) is 135 Å². The summed E-state index contributed by atoms with van der Waals surface area (Å²) in [7, 11) is 0. The number of hydrogen-bond donors (Lipinski definition) is 2. The third-order valence-corrected chi connectivity index (χ3v) is 11.0. The Morgan fingerprint density at radius 1 is 0.962 bits per heavy atom. The van der Waals surface area contributed by atoms with Crippen molar-refractivity contribution in [2.75, 3.05) is 18.0 Å². The number of alkyl halides is 3. The molecule has 53 heavy (non-hydrogen) atoms. The number of rotatable bonds is 8. The molecule has 2 N–H and O–H groups in total. The van der Waals surface area contributed by atoms with Gasteiger partial charge in [-0.2, -0.15) is 13.2 Å². The van der Waals surface area contributed by atoms with Crippen LogP contribution in [0.25, 0.3) is 28.0 Å². The molecule has 274 valence electrons. The number of hydrogen-bond acceptors (Lipinski definition) is 8. The molecule has 5 aromatic rings. The first-order valence-corrected chi connectivity index (χ1v) is 17.9. The number of benzene rings is 1. The maximum absolute atomic E-state index is 14.7. The number of nitrogens with zero attached hydrogens (tertiary/aromatic N) is 6. The average molecular weight is 726 g/mol. The highest BCUT2D eigenvalue weighted by Gasteiger charge is 2.56. The molecular weight excluding hydrogens is 687 g/mol. The molecule has 2 saturated carbocycles. The molecule has 4 atom stereocenters. The van der Waals surface area contributed by atoms with E-state index in [0.29, 0.717) is 46.8 Å². The van der Waals surface area contributed by atoms with E-state index in [0.717, 1.165) is 38.4 Å². The van der Waals surface area contributed by atoms with Crippen molar-refractivity contribution < 1.29 is 32.6 Å². The summed E-state index contributed by atoms with van der Waals surface area (Å²) in [5, 5.41) is 13.5. The van der Waals surface area contributed by atoms with E-state index in [1.807, 2.05) is 19.1 Å². The van der Waals surface area contributed by atoms with Crippen LogP contribution in [0.1, 0.15) is 61.5 Å². The van der Waals surface area contributed by atoms with E-state index >= 15 is 0 Å². The van der Waals surface area contributed by atoms with Gasteiger partial charge < -0.3 is 24.6 Å². The Morgan fingerprint density at radius 3 is 2.45 bits per heavy atom. The van der Waals surface area contributed by atoms with Crippen LogP contribution in [-0.2, 0) is 11.0 Å².